The first-order valence-corrected chi connectivity index (χ1v) is 63.6. The molecule has 0 amide bonds. The van der Waals surface area contributed by atoms with Gasteiger partial charge in [0.1, 0.15) is 18.5 Å². The summed E-state index contributed by atoms with van der Waals surface area (Å²) in [7, 11) is 0. The predicted molar refractivity (Wildman–Crippen MR) is 540 cm³/mol. The van der Waals surface area contributed by atoms with E-state index < -0.39 is 24.4 Å². The fourth-order valence-electron chi connectivity index (χ4n) is 41.7. The second-order valence-corrected chi connectivity index (χ2v) is 57.3. The summed E-state index contributed by atoms with van der Waals surface area (Å²) in [6.07, 6.45) is 100.0. The van der Waals surface area contributed by atoms with Crippen LogP contribution < -0.4 is 0 Å². The van der Waals surface area contributed by atoms with E-state index in [1.54, 1.807) is 122 Å². The Hall–Kier alpha value is 0.600. The maximum atomic E-state index is 15.0. The highest BCUT2D eigenvalue weighted by Gasteiger charge is 2.68. The highest BCUT2D eigenvalue weighted by Crippen LogP contribution is 2.70. The molecular formula is C119H192F3N3O3S3. The molecule has 20 saturated carbocycles. The SMILES string of the molecule is C1CCC(C2CCC(N(C3CCC(C4CCCCC4)CC3)C3CCCC4C3SC3C4C4CCCCC4C4OC5CCCCC5C43)CC2)CC1.CC1CCC(C2CCC(N(C3CCCCC3)C3CCCC4C5CCC6OC7CCCCC7C6C5SC43)CC2)CC1.FC1CC(F)C(C2CCC(N(C3CCCCC3)C3CCCC4C5CCC6OC7CCCCC7C6C5SC43)CC2)C(F)C1. The average molecular weight is 1870 g/mol. The van der Waals surface area contributed by atoms with Gasteiger partial charge in [-0.05, 0) is 369 Å². The van der Waals surface area contributed by atoms with Crippen LogP contribution in [0.4, 0.5) is 13.2 Å². The molecule has 0 N–H and O–H groups in total. The van der Waals surface area contributed by atoms with Crippen molar-refractivity contribution in [1.82, 2.24) is 14.7 Å². The first kappa shape index (κ1) is 93.9. The molecule has 6 nitrogen and oxygen atoms in total. The van der Waals surface area contributed by atoms with Crippen LogP contribution in [0.3, 0.4) is 0 Å². The molecular weight excluding hydrogens is 1670 g/mol. The molecule has 26 fully saturated rings. The number of halogens is 3. The summed E-state index contributed by atoms with van der Waals surface area (Å²) in [5.41, 5.74) is 0. The van der Waals surface area contributed by atoms with Gasteiger partial charge in [-0.1, -0.05) is 193 Å². The Morgan fingerprint density at radius 3 is 0.931 bits per heavy atom. The van der Waals surface area contributed by atoms with Crippen LogP contribution in [0.25, 0.3) is 0 Å². The van der Waals surface area contributed by atoms with Gasteiger partial charge in [0.15, 0.2) is 0 Å². The van der Waals surface area contributed by atoms with Gasteiger partial charge in [-0.25, -0.2) is 13.2 Å². The smallest absolute Gasteiger partial charge is 0.109 e. The van der Waals surface area contributed by atoms with Crippen molar-refractivity contribution in [2.24, 2.45) is 136 Å². The lowest BCUT2D eigenvalue weighted by atomic mass is 9.54. The first-order valence-electron chi connectivity index (χ1n) is 60.8. The van der Waals surface area contributed by atoms with Crippen molar-refractivity contribution in [3.63, 3.8) is 0 Å². The summed E-state index contributed by atoms with van der Waals surface area (Å²) in [5, 5.41) is 5.30. The minimum atomic E-state index is -1.30. The zero-order valence-corrected chi connectivity index (χ0v) is 85.7. The minimum absolute atomic E-state index is 0.0849. The van der Waals surface area contributed by atoms with Crippen LogP contribution in [-0.4, -0.2) is 156 Å². The number of rotatable bonds is 13. The Labute approximate surface area is 811 Å². The molecule has 31 atom stereocenters. The molecule has 6 heterocycles. The van der Waals surface area contributed by atoms with Crippen molar-refractivity contribution < 1.29 is 27.4 Å². The molecule has 26 rings (SSSR count). The van der Waals surface area contributed by atoms with Crippen molar-refractivity contribution >= 4 is 35.3 Å². The Morgan fingerprint density at radius 2 is 0.504 bits per heavy atom. The summed E-state index contributed by atoms with van der Waals surface area (Å²) >= 11 is 7.68. The molecule has 0 bridgehead atoms. The number of fused-ring (bicyclic) bond motifs is 24. The highest BCUT2D eigenvalue weighted by atomic mass is 32.2. The van der Waals surface area contributed by atoms with Crippen LogP contribution in [0.2, 0.25) is 0 Å². The van der Waals surface area contributed by atoms with E-state index in [1.165, 1.54) is 295 Å². The lowest BCUT2D eigenvalue weighted by Gasteiger charge is -2.53. The van der Waals surface area contributed by atoms with Gasteiger partial charge in [0, 0.05) is 122 Å². The van der Waals surface area contributed by atoms with Gasteiger partial charge in [-0.3, -0.25) is 14.7 Å². The van der Waals surface area contributed by atoms with E-state index >= 15 is 0 Å². The molecule has 31 unspecified atom stereocenters. The molecule has 740 valence electrons. The van der Waals surface area contributed by atoms with Crippen molar-refractivity contribution in [3.05, 3.63) is 0 Å². The van der Waals surface area contributed by atoms with Gasteiger partial charge < -0.3 is 14.2 Å². The van der Waals surface area contributed by atoms with Gasteiger partial charge in [-0.15, -0.1) is 0 Å². The van der Waals surface area contributed by atoms with E-state index in [9.17, 15) is 13.2 Å². The second-order valence-electron chi connectivity index (χ2n) is 53.2. The number of thioether (sulfide) groups is 3. The summed E-state index contributed by atoms with van der Waals surface area (Å²) in [6.45, 7) is 2.50. The van der Waals surface area contributed by atoms with Crippen LogP contribution in [0.1, 0.15) is 463 Å². The van der Waals surface area contributed by atoms with E-state index in [4.69, 9.17) is 14.2 Å². The molecule has 0 aromatic rings. The molecule has 26 aliphatic rings. The third-order valence-electron chi connectivity index (χ3n) is 47.3. The second kappa shape index (κ2) is 42.3. The van der Waals surface area contributed by atoms with Gasteiger partial charge in [0.25, 0.3) is 0 Å². The Kier molecular flexibility index (Phi) is 30.4. The number of ether oxygens (including phenoxy) is 3. The minimum Gasteiger partial charge on any atom is -0.374 e. The van der Waals surface area contributed by atoms with Gasteiger partial charge in [0.05, 0.1) is 36.6 Å². The molecule has 131 heavy (non-hydrogen) atoms. The van der Waals surface area contributed by atoms with Crippen LogP contribution in [0, 0.1) is 136 Å². The molecule has 0 radical (unpaired) electrons. The van der Waals surface area contributed by atoms with E-state index in [0.717, 1.165) is 218 Å². The Bertz CT molecular complexity index is 3520. The average Bonchev–Trinajstić information content (AvgIpc) is 1.55. The van der Waals surface area contributed by atoms with Gasteiger partial charge in [-0.2, -0.15) is 35.3 Å². The van der Waals surface area contributed by atoms with Gasteiger partial charge >= 0.3 is 0 Å². The van der Waals surface area contributed by atoms with Crippen molar-refractivity contribution in [2.45, 2.75) is 604 Å². The van der Waals surface area contributed by atoms with Crippen molar-refractivity contribution in [2.75, 3.05) is 0 Å². The molecule has 0 aromatic carbocycles. The van der Waals surface area contributed by atoms with Crippen molar-refractivity contribution in [1.29, 1.82) is 0 Å². The van der Waals surface area contributed by atoms with Crippen LogP contribution in [0.15, 0.2) is 0 Å². The van der Waals surface area contributed by atoms with E-state index in [1.807, 2.05) is 0 Å². The summed E-state index contributed by atoms with van der Waals surface area (Å²) in [5.74, 6) is 19.9. The quantitative estimate of drug-likeness (QED) is 0.179. The zero-order chi connectivity index (χ0) is 87.3. The predicted octanol–water partition coefficient (Wildman–Crippen LogP) is 31.1. The molecule has 6 saturated heterocycles. The maximum Gasteiger partial charge on any atom is 0.109 e. The fourth-order valence-corrected chi connectivity index (χ4v) is 49.1. The number of nitrogens with zero attached hydrogens (tertiary/aromatic N) is 3. The lowest BCUT2D eigenvalue weighted by molar-refractivity contribution is -0.0817. The molecule has 12 heteroatoms. The lowest BCUT2D eigenvalue weighted by Crippen LogP contribution is -2.57. The first-order chi connectivity index (χ1) is 64.6. The fraction of sp³-hybridized carbons (Fsp3) is 1.00. The number of alkyl halides is 3. The Balaban J connectivity index is 0.000000109. The van der Waals surface area contributed by atoms with Crippen LogP contribution in [0.5, 0.6) is 0 Å². The van der Waals surface area contributed by atoms with E-state index in [-0.39, 0.29) is 18.8 Å². The van der Waals surface area contributed by atoms with Crippen molar-refractivity contribution in [3.8, 4) is 0 Å². The number of hydrogen-bond donors (Lipinski definition) is 0. The van der Waals surface area contributed by atoms with Crippen LogP contribution >= 0.6 is 35.3 Å². The van der Waals surface area contributed by atoms with E-state index in [0.29, 0.717) is 54.7 Å². The standard InChI is InChI=1S/C46H75NOS.C37H61NOS.C36H56F3NOS/c1-3-12-30(13-4-1)32-22-26-34(27-23-32)47(35-28-24-33(25-29-35)31-14-5-2-6-15-31)40-20-11-19-39-42-36-16-7-8-17-37(36)44-43(46(42)49-45(39)40)38-18-9-10-21-41(38)48-44;1-24-14-16-25(17-15-24)26-18-20-28(21-19-26)38(27-8-3-2-4-9-27)32-12-7-11-29-30-22-23-34-35(37(30)40-36(29)32)31-10-5-6-13-33(31)39-34;37-22-19-28(38)33(29(39)20-22)21-13-15-24(16-14-21)40(23-7-2-1-3-8-23)30-11-6-10-25-26-17-18-32-34(36(26)42-35(25)30)27-9-4-5-12-31(27)41-32/h30-46H,1-29H2;24-37H,2-23H2,1H3;21-36H,1-20H2. The van der Waals surface area contributed by atoms with Crippen LogP contribution in [-0.2, 0) is 14.2 Å². The Morgan fingerprint density at radius 1 is 0.198 bits per heavy atom. The number of hydrogen-bond acceptors (Lipinski definition) is 9. The third-order valence-corrected chi connectivity index (χ3v) is 53.1. The highest BCUT2D eigenvalue weighted by molar-refractivity contribution is 8.01. The maximum absolute atomic E-state index is 15.0. The van der Waals surface area contributed by atoms with E-state index in [2.05, 4.69) is 56.9 Å². The normalized spacial score (nSPS) is 51.9. The largest absolute Gasteiger partial charge is 0.374 e. The molecule has 0 aromatic heterocycles. The molecule has 20 aliphatic carbocycles. The van der Waals surface area contributed by atoms with Gasteiger partial charge in [0.2, 0.25) is 0 Å². The zero-order valence-electron chi connectivity index (χ0n) is 83.3. The molecule has 6 aliphatic heterocycles. The summed E-state index contributed by atoms with van der Waals surface area (Å²) in [6, 6.07) is 7.31. The summed E-state index contributed by atoms with van der Waals surface area (Å²) < 4.78 is 64.7. The molecule has 0 spiro atoms. The summed E-state index contributed by atoms with van der Waals surface area (Å²) in [4.78, 5) is 9.84. The third kappa shape index (κ3) is 18.8. The monoisotopic (exact) mass is 1860 g/mol. The topological polar surface area (TPSA) is 37.4 Å².